The fourth-order valence-corrected chi connectivity index (χ4v) is 2.85. The first-order valence-corrected chi connectivity index (χ1v) is 8.02. The van der Waals surface area contributed by atoms with Crippen LogP contribution in [0.15, 0.2) is 72.8 Å². The summed E-state index contributed by atoms with van der Waals surface area (Å²) in [6.07, 6.45) is 4.23. The van der Waals surface area contributed by atoms with Gasteiger partial charge in [0.05, 0.1) is 0 Å². The molecule has 1 nitrogen and oxygen atoms in total. The largest absolute Gasteiger partial charge is 0.299 e. The average Bonchev–Trinajstić information content (AvgIpc) is 2.59. The lowest BCUT2D eigenvalue weighted by Gasteiger charge is -2.09. The molecule has 0 aliphatic rings. The normalized spacial score (nSPS) is 11.6. The van der Waals surface area contributed by atoms with Crippen molar-refractivity contribution in [2.45, 2.75) is 12.8 Å². The predicted octanol–water partition coefficient (Wildman–Crippen LogP) is 5.71. The van der Waals surface area contributed by atoms with Crippen molar-refractivity contribution in [1.29, 1.82) is 0 Å². The highest BCUT2D eigenvalue weighted by atomic mass is 35.5. The first-order valence-electron chi connectivity index (χ1n) is 7.64. The molecule has 0 saturated carbocycles. The third-order valence-corrected chi connectivity index (χ3v) is 4.24. The zero-order valence-corrected chi connectivity index (χ0v) is 13.5. The van der Waals surface area contributed by atoms with Crippen molar-refractivity contribution in [3.05, 3.63) is 89.0 Å². The molecule has 0 aliphatic carbocycles. The van der Waals surface area contributed by atoms with Gasteiger partial charge < -0.3 is 0 Å². The van der Waals surface area contributed by atoms with Gasteiger partial charge in [0.1, 0.15) is 6.29 Å². The minimum Gasteiger partial charge on any atom is -0.299 e. The lowest BCUT2D eigenvalue weighted by atomic mass is 9.96. The Hall–Kier alpha value is -2.38. The van der Waals surface area contributed by atoms with E-state index in [1.54, 1.807) is 6.08 Å². The Balaban J connectivity index is 1.84. The molecule has 2 heteroatoms. The van der Waals surface area contributed by atoms with E-state index in [2.05, 4.69) is 30.3 Å². The molecule has 0 N–H and O–H groups in total. The second-order valence-electron chi connectivity index (χ2n) is 5.52. The molecule has 0 bridgehead atoms. The van der Waals surface area contributed by atoms with Gasteiger partial charge in [0.2, 0.25) is 0 Å². The molecule has 0 amide bonds. The van der Waals surface area contributed by atoms with Gasteiger partial charge in [0.25, 0.3) is 0 Å². The van der Waals surface area contributed by atoms with Crippen LogP contribution in [0.3, 0.4) is 0 Å². The van der Waals surface area contributed by atoms with Crippen molar-refractivity contribution in [3.63, 3.8) is 0 Å². The second kappa shape index (κ2) is 7.26. The minimum absolute atomic E-state index is 0.743. The highest BCUT2D eigenvalue weighted by Gasteiger charge is 2.04. The molecule has 3 aromatic carbocycles. The van der Waals surface area contributed by atoms with Crippen LogP contribution in [0.2, 0.25) is 5.02 Å². The predicted molar refractivity (Wildman–Crippen MR) is 97.8 cm³/mol. The Labute approximate surface area is 141 Å². The monoisotopic (exact) mass is 320 g/mol. The Morgan fingerprint density at radius 2 is 1.65 bits per heavy atom. The van der Waals surface area contributed by atoms with Gasteiger partial charge in [-0.3, -0.25) is 4.79 Å². The zero-order valence-electron chi connectivity index (χ0n) is 12.7. The summed E-state index contributed by atoms with van der Waals surface area (Å²) >= 11 is 5.92. The maximum absolute atomic E-state index is 11.0. The molecular formula is C21H17ClO. The van der Waals surface area contributed by atoms with E-state index in [0.29, 0.717) is 0 Å². The van der Waals surface area contributed by atoms with Crippen LogP contribution in [0.1, 0.15) is 17.5 Å². The number of allylic oxidation sites excluding steroid dienone is 2. The first kappa shape index (κ1) is 15.5. The molecule has 0 heterocycles. The number of fused-ring (bicyclic) bond motifs is 1. The van der Waals surface area contributed by atoms with Crippen LogP contribution in [-0.2, 0) is 11.2 Å². The average molecular weight is 321 g/mol. The Morgan fingerprint density at radius 1 is 0.913 bits per heavy atom. The van der Waals surface area contributed by atoms with E-state index >= 15 is 0 Å². The van der Waals surface area contributed by atoms with Crippen molar-refractivity contribution in [1.82, 2.24) is 0 Å². The van der Waals surface area contributed by atoms with Crippen LogP contribution in [0.25, 0.3) is 16.3 Å². The number of hydrogen-bond acceptors (Lipinski definition) is 1. The summed E-state index contributed by atoms with van der Waals surface area (Å²) in [5, 5.41) is 3.14. The summed E-state index contributed by atoms with van der Waals surface area (Å²) < 4.78 is 0. The maximum Gasteiger partial charge on any atom is 0.143 e. The van der Waals surface area contributed by atoms with E-state index < -0.39 is 0 Å². The quantitative estimate of drug-likeness (QED) is 0.435. The van der Waals surface area contributed by atoms with Gasteiger partial charge in [0.15, 0.2) is 0 Å². The van der Waals surface area contributed by atoms with Gasteiger partial charge in [-0.2, -0.15) is 0 Å². The molecule has 0 saturated heterocycles. The highest BCUT2D eigenvalue weighted by Crippen LogP contribution is 2.25. The van der Waals surface area contributed by atoms with Crippen LogP contribution in [0, 0.1) is 0 Å². The summed E-state index contributed by atoms with van der Waals surface area (Å²) in [7, 11) is 0. The molecule has 114 valence electrons. The van der Waals surface area contributed by atoms with E-state index in [-0.39, 0.29) is 0 Å². The number of halogens is 1. The number of benzene rings is 3. The van der Waals surface area contributed by atoms with E-state index in [9.17, 15) is 4.79 Å². The molecule has 23 heavy (non-hydrogen) atoms. The Kier molecular flexibility index (Phi) is 4.89. The first-order chi connectivity index (χ1) is 11.3. The number of carbonyl (C=O) groups is 1. The maximum atomic E-state index is 11.0. The fraction of sp³-hybridized carbons (Fsp3) is 0.0952. The van der Waals surface area contributed by atoms with Crippen molar-refractivity contribution in [2.24, 2.45) is 0 Å². The topological polar surface area (TPSA) is 17.1 Å². The molecular weight excluding hydrogens is 304 g/mol. The number of hydrogen-bond donors (Lipinski definition) is 0. The zero-order chi connectivity index (χ0) is 16.1. The van der Waals surface area contributed by atoms with Gasteiger partial charge in [-0.1, -0.05) is 60.1 Å². The van der Waals surface area contributed by atoms with E-state index in [0.717, 1.165) is 35.3 Å². The van der Waals surface area contributed by atoms with Gasteiger partial charge >= 0.3 is 0 Å². The van der Waals surface area contributed by atoms with Gasteiger partial charge in [-0.15, -0.1) is 0 Å². The molecule has 0 aliphatic heterocycles. The molecule has 3 rings (SSSR count). The van der Waals surface area contributed by atoms with Crippen molar-refractivity contribution in [2.75, 3.05) is 0 Å². The molecule has 0 aromatic heterocycles. The van der Waals surface area contributed by atoms with Gasteiger partial charge in [-0.05, 0) is 64.6 Å². The SMILES string of the molecule is O=C/C=C(/CCc1ccc(Cl)cc1)c1ccc2ccccc2c1. The number of aldehydes is 1. The fourth-order valence-electron chi connectivity index (χ4n) is 2.73. The van der Waals surface area contributed by atoms with Crippen molar-refractivity contribution >= 4 is 34.2 Å². The summed E-state index contributed by atoms with van der Waals surface area (Å²) in [6.45, 7) is 0. The van der Waals surface area contributed by atoms with Crippen LogP contribution >= 0.6 is 11.6 Å². The number of rotatable bonds is 5. The van der Waals surface area contributed by atoms with Crippen LogP contribution in [0.4, 0.5) is 0 Å². The van der Waals surface area contributed by atoms with Gasteiger partial charge in [0, 0.05) is 5.02 Å². The summed E-state index contributed by atoms with van der Waals surface area (Å²) in [5.41, 5.74) is 3.37. The van der Waals surface area contributed by atoms with Crippen molar-refractivity contribution in [3.8, 4) is 0 Å². The Morgan fingerprint density at radius 3 is 2.39 bits per heavy atom. The van der Waals surface area contributed by atoms with E-state index in [1.165, 1.54) is 16.3 Å². The lowest BCUT2D eigenvalue weighted by molar-refractivity contribution is -0.104. The van der Waals surface area contributed by atoms with Crippen LogP contribution in [0.5, 0.6) is 0 Å². The number of aryl methyl sites for hydroxylation is 1. The molecule has 0 spiro atoms. The molecule has 0 unspecified atom stereocenters. The van der Waals surface area contributed by atoms with Crippen LogP contribution < -0.4 is 0 Å². The van der Waals surface area contributed by atoms with Crippen LogP contribution in [-0.4, -0.2) is 6.29 Å². The third-order valence-electron chi connectivity index (χ3n) is 3.99. The Bertz CT molecular complexity index is 847. The van der Waals surface area contributed by atoms with Gasteiger partial charge in [-0.25, -0.2) is 0 Å². The summed E-state index contributed by atoms with van der Waals surface area (Å²) in [5.74, 6) is 0. The minimum atomic E-state index is 0.743. The smallest absolute Gasteiger partial charge is 0.143 e. The molecule has 0 atom stereocenters. The third kappa shape index (κ3) is 3.88. The molecule has 0 radical (unpaired) electrons. The molecule has 0 fully saturated rings. The molecule has 3 aromatic rings. The standard InChI is InChI=1S/C21H17ClO/c22-21-11-6-16(7-12-21)5-8-18(13-14-23)20-10-9-17-3-1-2-4-19(17)15-20/h1-4,6-7,9-15H,5,8H2/b18-13-. The number of carbonyl (C=O) groups excluding carboxylic acids is 1. The van der Waals surface area contributed by atoms with E-state index in [1.807, 2.05) is 36.4 Å². The second-order valence-corrected chi connectivity index (χ2v) is 5.95. The highest BCUT2D eigenvalue weighted by molar-refractivity contribution is 6.30. The van der Waals surface area contributed by atoms with E-state index in [4.69, 9.17) is 11.6 Å². The van der Waals surface area contributed by atoms with Crippen molar-refractivity contribution < 1.29 is 4.79 Å². The lowest BCUT2D eigenvalue weighted by Crippen LogP contribution is -1.91. The summed E-state index contributed by atoms with van der Waals surface area (Å²) in [6, 6.07) is 22.4. The summed E-state index contributed by atoms with van der Waals surface area (Å²) in [4.78, 5) is 11.0.